The number of nitrogens with one attached hydrogen (secondary N) is 2. The number of rotatable bonds is 3. The molecule has 0 saturated heterocycles. The third-order valence-corrected chi connectivity index (χ3v) is 6.90. The molecule has 2 aromatic heterocycles. The van der Waals surface area contributed by atoms with Crippen LogP contribution < -0.4 is 11.3 Å². The minimum absolute atomic E-state index is 0.0477. The molecule has 0 bridgehead atoms. The Morgan fingerprint density at radius 2 is 1.66 bits per heavy atom. The van der Waals surface area contributed by atoms with E-state index in [9.17, 15) is 13.2 Å². The van der Waals surface area contributed by atoms with Gasteiger partial charge in [-0.15, -0.1) is 0 Å². The van der Waals surface area contributed by atoms with Crippen molar-refractivity contribution < 1.29 is 8.42 Å². The molecule has 0 fully saturated rings. The number of sulfone groups is 1. The van der Waals surface area contributed by atoms with Crippen LogP contribution in [0.5, 0.6) is 0 Å². The molecule has 0 aliphatic heterocycles. The van der Waals surface area contributed by atoms with Crippen LogP contribution in [-0.4, -0.2) is 23.4 Å². The minimum Gasteiger partial charge on any atom is -0.383 e. The number of halogens is 1. The molecule has 0 spiro atoms. The van der Waals surface area contributed by atoms with Gasteiger partial charge in [-0.05, 0) is 42.0 Å². The van der Waals surface area contributed by atoms with Gasteiger partial charge in [-0.1, -0.05) is 46.3 Å². The molecule has 0 unspecified atom stereocenters. The van der Waals surface area contributed by atoms with Gasteiger partial charge < -0.3 is 10.7 Å². The van der Waals surface area contributed by atoms with E-state index in [-0.39, 0.29) is 37.0 Å². The van der Waals surface area contributed by atoms with Gasteiger partial charge in [0.25, 0.3) is 5.56 Å². The third kappa shape index (κ3) is 3.39. The maximum Gasteiger partial charge on any atom is 0.261 e. The second-order valence-electron chi connectivity index (χ2n) is 6.16. The first-order valence-electron chi connectivity index (χ1n) is 8.31. The van der Waals surface area contributed by atoms with Gasteiger partial charge in [-0.25, -0.2) is 13.4 Å². The van der Waals surface area contributed by atoms with E-state index in [1.165, 1.54) is 12.1 Å². The predicted molar refractivity (Wildman–Crippen MR) is 117 cm³/mol. The molecular formula is C19H13BrN4O3S2. The molecule has 0 aliphatic carbocycles. The summed E-state index contributed by atoms with van der Waals surface area (Å²) in [4.78, 5) is 22.0. The van der Waals surface area contributed by atoms with Crippen LogP contribution in [0.25, 0.3) is 22.2 Å². The van der Waals surface area contributed by atoms with Crippen molar-refractivity contribution in [3.05, 3.63) is 74.2 Å². The van der Waals surface area contributed by atoms with E-state index >= 15 is 0 Å². The normalized spacial score (nSPS) is 11.6. The zero-order chi connectivity index (χ0) is 20.8. The summed E-state index contributed by atoms with van der Waals surface area (Å²) in [6, 6.07) is 14.8. The molecule has 2 heterocycles. The Morgan fingerprint density at radius 1 is 1.00 bits per heavy atom. The zero-order valence-corrected chi connectivity index (χ0v) is 17.9. The minimum atomic E-state index is -4.07. The zero-order valence-electron chi connectivity index (χ0n) is 14.6. The topological polar surface area (TPSA) is 122 Å². The van der Waals surface area contributed by atoms with Gasteiger partial charge in [0.15, 0.2) is 4.77 Å². The highest BCUT2D eigenvalue weighted by atomic mass is 79.9. The summed E-state index contributed by atoms with van der Waals surface area (Å²) < 4.78 is 27.8. The number of nitrogens with zero attached hydrogens (tertiary/aromatic N) is 1. The molecule has 7 nitrogen and oxygen atoms in total. The quantitative estimate of drug-likeness (QED) is 0.376. The Hall–Kier alpha value is -2.82. The van der Waals surface area contributed by atoms with Crippen molar-refractivity contribution in [2.75, 3.05) is 5.73 Å². The van der Waals surface area contributed by atoms with Crippen molar-refractivity contribution in [2.24, 2.45) is 0 Å². The fraction of sp³-hybridized carbons (Fsp3) is 0. The number of hydrogen-bond acceptors (Lipinski definition) is 6. The maximum atomic E-state index is 13.5. The third-order valence-electron chi connectivity index (χ3n) is 4.32. The summed E-state index contributed by atoms with van der Waals surface area (Å²) in [5.74, 6) is -0.226. The highest BCUT2D eigenvalue weighted by Gasteiger charge is 2.29. The molecule has 0 saturated carbocycles. The van der Waals surface area contributed by atoms with Crippen molar-refractivity contribution in [2.45, 2.75) is 9.79 Å². The maximum absolute atomic E-state index is 13.5. The number of H-pyrrole nitrogens is 2. The number of benzene rings is 2. The van der Waals surface area contributed by atoms with Crippen LogP contribution in [0.3, 0.4) is 0 Å². The highest BCUT2D eigenvalue weighted by molar-refractivity contribution is 9.10. The lowest BCUT2D eigenvalue weighted by atomic mass is 10.0. The van der Waals surface area contributed by atoms with Crippen molar-refractivity contribution in [1.29, 1.82) is 0 Å². The lowest BCUT2D eigenvalue weighted by Gasteiger charge is -2.15. The number of pyridine rings is 1. The van der Waals surface area contributed by atoms with E-state index in [1.807, 2.05) is 0 Å². The fourth-order valence-corrected chi connectivity index (χ4v) is 5.10. The molecule has 146 valence electrons. The molecular weight excluding hydrogens is 476 g/mol. The van der Waals surface area contributed by atoms with E-state index in [4.69, 9.17) is 18.0 Å². The molecule has 4 aromatic rings. The molecule has 0 atom stereocenters. The molecule has 0 amide bonds. The van der Waals surface area contributed by atoms with Crippen LogP contribution in [0.15, 0.2) is 73.7 Å². The van der Waals surface area contributed by atoms with Crippen LogP contribution in [0.2, 0.25) is 0 Å². The first kappa shape index (κ1) is 19.5. The molecule has 0 radical (unpaired) electrons. The van der Waals surface area contributed by atoms with E-state index in [0.717, 1.165) is 4.47 Å². The fourth-order valence-electron chi connectivity index (χ4n) is 3.08. The standard InChI is InChI=1S/C19H13BrN4O3S2/c20-11-8-6-10(7-9-11)13-14-17(23-19(28)24-18(14)25)22-16(21)15(13)29(26,27)12-4-2-1-3-5-12/h1-9H,(H4,21,22,23,24,25,28). The first-order chi connectivity index (χ1) is 13.8. The molecule has 0 aliphatic rings. The molecule has 2 aromatic carbocycles. The van der Waals surface area contributed by atoms with Gasteiger partial charge >= 0.3 is 0 Å². The lowest BCUT2D eigenvalue weighted by molar-refractivity contribution is 0.596. The first-order valence-corrected chi connectivity index (χ1v) is 11.0. The van der Waals surface area contributed by atoms with Crippen molar-refractivity contribution in [3.63, 3.8) is 0 Å². The Labute approximate surface area is 178 Å². The van der Waals surface area contributed by atoms with E-state index in [1.54, 1.807) is 42.5 Å². The molecule has 10 heteroatoms. The summed E-state index contributed by atoms with van der Waals surface area (Å²) in [5, 5.41) is 0.0598. The summed E-state index contributed by atoms with van der Waals surface area (Å²) in [7, 11) is -4.07. The average Bonchev–Trinajstić information content (AvgIpc) is 2.67. The summed E-state index contributed by atoms with van der Waals surface area (Å²) in [5.41, 5.74) is 6.33. The predicted octanol–water partition coefficient (Wildman–Crippen LogP) is 3.83. The Morgan fingerprint density at radius 3 is 2.31 bits per heavy atom. The van der Waals surface area contributed by atoms with Gasteiger partial charge in [-0.3, -0.25) is 9.78 Å². The van der Waals surface area contributed by atoms with Crippen LogP contribution >= 0.6 is 28.1 Å². The lowest BCUT2D eigenvalue weighted by Crippen LogP contribution is -2.16. The van der Waals surface area contributed by atoms with Crippen molar-refractivity contribution >= 4 is 54.8 Å². The van der Waals surface area contributed by atoms with Crippen molar-refractivity contribution in [3.8, 4) is 11.1 Å². The smallest absolute Gasteiger partial charge is 0.261 e. The van der Waals surface area contributed by atoms with Crippen LogP contribution in [0, 0.1) is 4.77 Å². The molecule has 4 rings (SSSR count). The Bertz CT molecular complexity index is 1460. The van der Waals surface area contributed by atoms with Crippen molar-refractivity contribution in [1.82, 2.24) is 15.0 Å². The van der Waals surface area contributed by atoms with Gasteiger partial charge in [0.2, 0.25) is 9.84 Å². The molecule has 4 N–H and O–H groups in total. The van der Waals surface area contributed by atoms with E-state index in [0.29, 0.717) is 5.56 Å². The van der Waals surface area contributed by atoms with Crippen LogP contribution in [0.1, 0.15) is 0 Å². The highest BCUT2D eigenvalue weighted by Crippen LogP contribution is 2.38. The van der Waals surface area contributed by atoms with E-state index < -0.39 is 15.4 Å². The van der Waals surface area contributed by atoms with E-state index in [2.05, 4.69) is 30.9 Å². The second kappa shape index (κ2) is 7.21. The summed E-state index contributed by atoms with van der Waals surface area (Å²) in [6.07, 6.45) is 0. The number of hydrogen-bond donors (Lipinski definition) is 3. The number of anilines is 1. The van der Waals surface area contributed by atoms with Gasteiger partial charge in [0, 0.05) is 10.0 Å². The van der Waals surface area contributed by atoms with Gasteiger partial charge in [0.1, 0.15) is 16.4 Å². The van der Waals surface area contributed by atoms with Crippen LogP contribution in [-0.2, 0) is 9.84 Å². The van der Waals surface area contributed by atoms with Crippen LogP contribution in [0.4, 0.5) is 5.82 Å². The number of nitrogens with two attached hydrogens (primary N) is 1. The number of aromatic nitrogens is 3. The number of aromatic amines is 2. The van der Waals surface area contributed by atoms with Gasteiger partial charge in [-0.2, -0.15) is 0 Å². The number of nitrogen functional groups attached to an aromatic ring is 1. The summed E-state index contributed by atoms with van der Waals surface area (Å²) in [6.45, 7) is 0. The Kier molecular flexibility index (Phi) is 4.85. The Balaban J connectivity index is 2.22. The SMILES string of the molecule is Nc1nc2[nH]c(=S)[nH]c(=O)c2c(-c2ccc(Br)cc2)c1S(=O)(=O)c1ccccc1. The number of fused-ring (bicyclic) bond motifs is 1. The second-order valence-corrected chi connectivity index (χ2v) is 9.37. The monoisotopic (exact) mass is 488 g/mol. The van der Waals surface area contributed by atoms with Gasteiger partial charge in [0.05, 0.1) is 10.3 Å². The average molecular weight is 489 g/mol. The largest absolute Gasteiger partial charge is 0.383 e. The molecule has 29 heavy (non-hydrogen) atoms. The summed E-state index contributed by atoms with van der Waals surface area (Å²) >= 11 is 8.37.